The van der Waals surface area contributed by atoms with E-state index in [0.717, 1.165) is 56.6 Å². The first-order valence-electron chi connectivity index (χ1n) is 9.38. The third-order valence-corrected chi connectivity index (χ3v) is 4.75. The van der Waals surface area contributed by atoms with Gasteiger partial charge in [0.25, 0.3) is 0 Å². The van der Waals surface area contributed by atoms with Crippen LogP contribution < -0.4 is 15.5 Å². The van der Waals surface area contributed by atoms with Gasteiger partial charge in [-0.25, -0.2) is 0 Å². The smallest absolute Gasteiger partial charge is 0.191 e. The van der Waals surface area contributed by atoms with Crippen LogP contribution in [0.5, 0.6) is 0 Å². The number of likely N-dealkylation sites (N-methyl/N-ethyl adjacent to an activating group) is 1. The maximum absolute atomic E-state index is 4.31. The van der Waals surface area contributed by atoms with E-state index >= 15 is 0 Å². The molecular weight excluding hydrogens is 453 g/mol. The van der Waals surface area contributed by atoms with Gasteiger partial charge in [-0.15, -0.1) is 34.2 Å². The molecule has 0 aliphatic carbocycles. The largest absolute Gasteiger partial charge is 0.370 e. The Morgan fingerprint density at radius 3 is 2.89 bits per heavy atom. The number of hydrogen-bond donors (Lipinski definition) is 2. The zero-order valence-corrected chi connectivity index (χ0v) is 18.7. The number of nitrogens with one attached hydrogen (secondary N) is 2. The molecule has 1 aliphatic rings. The van der Waals surface area contributed by atoms with E-state index in [0.29, 0.717) is 6.54 Å². The minimum atomic E-state index is 0. The first-order chi connectivity index (χ1) is 12.7. The number of halogens is 1. The summed E-state index contributed by atoms with van der Waals surface area (Å²) in [5, 5.41) is 15.2. The molecule has 0 bridgehead atoms. The molecule has 0 radical (unpaired) electrons. The lowest BCUT2D eigenvalue weighted by Crippen LogP contribution is -2.41. The molecule has 2 aromatic rings. The molecule has 1 aromatic carbocycles. The SMILES string of the molecule is CCN(CCNC(=NC)NCc1nnc2n1CCC2)c1cccc(C)c1.I. The topological polar surface area (TPSA) is 70.4 Å². The highest BCUT2D eigenvalue weighted by molar-refractivity contribution is 14.0. The zero-order chi connectivity index (χ0) is 18.4. The summed E-state index contributed by atoms with van der Waals surface area (Å²) >= 11 is 0. The van der Waals surface area contributed by atoms with Crippen LogP contribution in [0.3, 0.4) is 0 Å². The number of aliphatic imine (C=N–C) groups is 1. The lowest BCUT2D eigenvalue weighted by Gasteiger charge is -2.24. The number of aromatic nitrogens is 3. The molecule has 7 nitrogen and oxygen atoms in total. The summed E-state index contributed by atoms with van der Waals surface area (Å²) in [5.74, 6) is 2.87. The summed E-state index contributed by atoms with van der Waals surface area (Å²) in [6, 6.07) is 8.62. The quantitative estimate of drug-likeness (QED) is 0.360. The molecule has 2 heterocycles. The monoisotopic (exact) mass is 483 g/mol. The van der Waals surface area contributed by atoms with Crippen molar-refractivity contribution in [3.8, 4) is 0 Å². The maximum Gasteiger partial charge on any atom is 0.191 e. The summed E-state index contributed by atoms with van der Waals surface area (Å²) in [4.78, 5) is 6.67. The summed E-state index contributed by atoms with van der Waals surface area (Å²) in [6.07, 6.45) is 2.20. The van der Waals surface area contributed by atoms with Crippen molar-refractivity contribution in [1.82, 2.24) is 25.4 Å². The lowest BCUT2D eigenvalue weighted by molar-refractivity contribution is 0.661. The van der Waals surface area contributed by atoms with E-state index in [-0.39, 0.29) is 24.0 Å². The van der Waals surface area contributed by atoms with E-state index in [2.05, 4.69) is 73.4 Å². The first-order valence-corrected chi connectivity index (χ1v) is 9.38. The van der Waals surface area contributed by atoms with Crippen LogP contribution in [0, 0.1) is 6.92 Å². The van der Waals surface area contributed by atoms with Crippen molar-refractivity contribution in [3.05, 3.63) is 41.5 Å². The van der Waals surface area contributed by atoms with Crippen LogP contribution in [0.25, 0.3) is 0 Å². The van der Waals surface area contributed by atoms with Crippen molar-refractivity contribution >= 4 is 35.6 Å². The van der Waals surface area contributed by atoms with Crippen LogP contribution >= 0.6 is 24.0 Å². The molecule has 0 amide bonds. The van der Waals surface area contributed by atoms with Gasteiger partial charge in [-0.1, -0.05) is 12.1 Å². The second-order valence-electron chi connectivity index (χ2n) is 6.56. The van der Waals surface area contributed by atoms with E-state index in [4.69, 9.17) is 0 Å². The summed E-state index contributed by atoms with van der Waals surface area (Å²) in [5.41, 5.74) is 2.54. The number of benzene rings is 1. The molecule has 1 aliphatic heterocycles. The second kappa shape index (κ2) is 10.5. The fourth-order valence-corrected chi connectivity index (χ4v) is 3.33. The van der Waals surface area contributed by atoms with Crippen molar-refractivity contribution in [3.63, 3.8) is 0 Å². The Kier molecular flexibility index (Phi) is 8.33. The Labute approximate surface area is 178 Å². The highest BCUT2D eigenvalue weighted by Crippen LogP contribution is 2.15. The van der Waals surface area contributed by atoms with Crippen LogP contribution in [0.4, 0.5) is 5.69 Å². The van der Waals surface area contributed by atoms with Crippen LogP contribution in [0.15, 0.2) is 29.3 Å². The fraction of sp³-hybridized carbons (Fsp3) is 0.526. The summed E-state index contributed by atoms with van der Waals surface area (Å²) < 4.78 is 2.21. The molecular formula is C19H30IN7. The van der Waals surface area contributed by atoms with Gasteiger partial charge in [-0.05, 0) is 38.0 Å². The van der Waals surface area contributed by atoms with Crippen LogP contribution in [0.1, 0.15) is 30.6 Å². The molecule has 148 valence electrons. The average Bonchev–Trinajstić information content (AvgIpc) is 3.25. The number of aryl methyl sites for hydroxylation is 2. The van der Waals surface area contributed by atoms with Crippen molar-refractivity contribution < 1.29 is 0 Å². The number of nitrogens with zero attached hydrogens (tertiary/aromatic N) is 5. The third kappa shape index (κ3) is 5.57. The fourth-order valence-electron chi connectivity index (χ4n) is 3.33. The molecule has 0 atom stereocenters. The predicted octanol–water partition coefficient (Wildman–Crippen LogP) is 2.34. The van der Waals surface area contributed by atoms with Gasteiger partial charge < -0.3 is 20.1 Å². The van der Waals surface area contributed by atoms with E-state index in [9.17, 15) is 0 Å². The number of fused-ring (bicyclic) bond motifs is 1. The van der Waals surface area contributed by atoms with Crippen molar-refractivity contribution in [2.24, 2.45) is 4.99 Å². The molecule has 0 saturated heterocycles. The Morgan fingerprint density at radius 2 is 2.15 bits per heavy atom. The molecule has 0 spiro atoms. The van der Waals surface area contributed by atoms with Crippen LogP contribution in [-0.2, 0) is 19.5 Å². The molecule has 8 heteroatoms. The number of guanidine groups is 1. The van der Waals surface area contributed by atoms with E-state index in [1.807, 2.05) is 0 Å². The number of anilines is 1. The number of hydrogen-bond acceptors (Lipinski definition) is 4. The van der Waals surface area contributed by atoms with Crippen LogP contribution in [-0.4, -0.2) is 47.4 Å². The van der Waals surface area contributed by atoms with E-state index in [1.165, 1.54) is 11.3 Å². The van der Waals surface area contributed by atoms with Gasteiger partial charge in [-0.2, -0.15) is 0 Å². The lowest BCUT2D eigenvalue weighted by atomic mass is 10.2. The second-order valence-corrected chi connectivity index (χ2v) is 6.56. The van der Waals surface area contributed by atoms with Gasteiger partial charge >= 0.3 is 0 Å². The van der Waals surface area contributed by atoms with Gasteiger partial charge in [0.15, 0.2) is 11.8 Å². The molecule has 2 N–H and O–H groups in total. The van der Waals surface area contributed by atoms with Gasteiger partial charge in [0.2, 0.25) is 0 Å². The van der Waals surface area contributed by atoms with Gasteiger partial charge in [0.05, 0.1) is 6.54 Å². The number of rotatable bonds is 7. The Morgan fingerprint density at radius 1 is 1.30 bits per heavy atom. The average molecular weight is 483 g/mol. The van der Waals surface area contributed by atoms with Gasteiger partial charge in [0, 0.05) is 45.3 Å². The molecule has 27 heavy (non-hydrogen) atoms. The molecule has 0 saturated carbocycles. The zero-order valence-electron chi connectivity index (χ0n) is 16.4. The summed E-state index contributed by atoms with van der Waals surface area (Å²) in [7, 11) is 1.79. The minimum absolute atomic E-state index is 0. The minimum Gasteiger partial charge on any atom is -0.370 e. The van der Waals surface area contributed by atoms with Gasteiger partial charge in [0.1, 0.15) is 5.82 Å². The Hall–Kier alpha value is -1.84. The third-order valence-electron chi connectivity index (χ3n) is 4.75. The first kappa shape index (κ1) is 21.5. The predicted molar refractivity (Wildman–Crippen MR) is 121 cm³/mol. The Balaban J connectivity index is 0.00000261. The van der Waals surface area contributed by atoms with Crippen molar-refractivity contribution in [2.45, 2.75) is 39.8 Å². The van der Waals surface area contributed by atoms with Crippen molar-refractivity contribution in [1.29, 1.82) is 0 Å². The van der Waals surface area contributed by atoms with Gasteiger partial charge in [-0.3, -0.25) is 4.99 Å². The normalized spacial score (nSPS) is 13.1. The molecule has 3 rings (SSSR count). The maximum atomic E-state index is 4.31. The standard InChI is InChI=1S/C19H29N7.HI/c1-4-25(16-8-5-7-15(2)13-16)12-10-21-19(20-3)22-14-18-24-23-17-9-6-11-26(17)18;/h5,7-8,13H,4,6,9-12,14H2,1-3H3,(H2,20,21,22);1H. The Bertz CT molecular complexity index is 756. The van der Waals surface area contributed by atoms with E-state index in [1.54, 1.807) is 7.05 Å². The van der Waals surface area contributed by atoms with Crippen LogP contribution in [0.2, 0.25) is 0 Å². The van der Waals surface area contributed by atoms with Crippen molar-refractivity contribution in [2.75, 3.05) is 31.6 Å². The molecule has 1 aromatic heterocycles. The molecule has 0 unspecified atom stereocenters. The highest BCUT2D eigenvalue weighted by atomic mass is 127. The van der Waals surface area contributed by atoms with E-state index < -0.39 is 0 Å². The molecule has 0 fully saturated rings. The summed E-state index contributed by atoms with van der Waals surface area (Å²) in [6.45, 7) is 8.68. The highest BCUT2D eigenvalue weighted by Gasteiger charge is 2.17.